The zero-order valence-corrected chi connectivity index (χ0v) is 17.8. The fourth-order valence-corrected chi connectivity index (χ4v) is 3.09. The van der Waals surface area contributed by atoms with Crippen molar-refractivity contribution in [1.29, 1.82) is 0 Å². The van der Waals surface area contributed by atoms with E-state index in [1.54, 1.807) is 13.0 Å². The maximum Gasteiger partial charge on any atom is 0.231 e. The average Bonchev–Trinajstić information content (AvgIpc) is 3.32. The summed E-state index contributed by atoms with van der Waals surface area (Å²) in [6, 6.07) is 9.64. The number of nitrogens with zero attached hydrogens (tertiary/aromatic N) is 1. The summed E-state index contributed by atoms with van der Waals surface area (Å²) < 4.78 is 16.5. The normalized spacial score (nSPS) is 15.9. The molecule has 7 nitrogen and oxygen atoms in total. The van der Waals surface area contributed by atoms with Gasteiger partial charge >= 0.3 is 0 Å². The van der Waals surface area contributed by atoms with Crippen LogP contribution in [0.25, 0.3) is 0 Å². The van der Waals surface area contributed by atoms with E-state index in [9.17, 15) is 5.11 Å². The topological polar surface area (TPSA) is 88.3 Å². The van der Waals surface area contributed by atoms with Crippen LogP contribution in [-0.4, -0.2) is 37.5 Å². The van der Waals surface area contributed by atoms with Crippen molar-refractivity contribution < 1.29 is 19.0 Å². The lowest BCUT2D eigenvalue weighted by molar-refractivity contribution is 0.0378. The summed E-state index contributed by atoms with van der Waals surface area (Å²) in [6.07, 6.45) is 0. The van der Waals surface area contributed by atoms with Crippen molar-refractivity contribution in [3.8, 4) is 11.5 Å². The molecule has 0 saturated heterocycles. The van der Waals surface area contributed by atoms with Crippen LogP contribution in [0.2, 0.25) is 0 Å². The smallest absolute Gasteiger partial charge is 0.231 e. The molecule has 0 spiro atoms. The number of guanidine groups is 1. The van der Waals surface area contributed by atoms with E-state index in [1.807, 2.05) is 38.1 Å². The van der Waals surface area contributed by atoms with Gasteiger partial charge in [-0.3, -0.25) is 4.99 Å². The van der Waals surface area contributed by atoms with Gasteiger partial charge in [0.05, 0.1) is 13.1 Å². The molecule has 158 valence electrons. The van der Waals surface area contributed by atoms with Crippen LogP contribution in [-0.2, 0) is 11.0 Å². The van der Waals surface area contributed by atoms with Crippen LogP contribution in [0.4, 0.5) is 0 Å². The lowest BCUT2D eigenvalue weighted by Crippen LogP contribution is -2.45. The highest BCUT2D eigenvalue weighted by atomic mass is 16.7. The van der Waals surface area contributed by atoms with Crippen molar-refractivity contribution in [1.82, 2.24) is 10.6 Å². The molecule has 0 saturated carbocycles. The minimum absolute atomic E-state index is 0.204. The predicted octanol–water partition coefficient (Wildman–Crippen LogP) is 3.06. The van der Waals surface area contributed by atoms with Gasteiger partial charge in [0.2, 0.25) is 6.79 Å². The Balaban J connectivity index is 1.68. The third-order valence-corrected chi connectivity index (χ3v) is 5.00. The highest BCUT2D eigenvalue weighted by Crippen LogP contribution is 2.36. The fourth-order valence-electron chi connectivity index (χ4n) is 3.09. The Morgan fingerprint density at radius 1 is 1.10 bits per heavy atom. The molecule has 1 aromatic heterocycles. The van der Waals surface area contributed by atoms with Crippen LogP contribution in [0.15, 0.2) is 39.7 Å². The van der Waals surface area contributed by atoms with Gasteiger partial charge in [0.15, 0.2) is 17.5 Å². The summed E-state index contributed by atoms with van der Waals surface area (Å²) in [5, 5.41) is 17.2. The van der Waals surface area contributed by atoms with Crippen molar-refractivity contribution in [3.63, 3.8) is 0 Å². The molecule has 0 aliphatic carbocycles. The van der Waals surface area contributed by atoms with Gasteiger partial charge in [0.25, 0.3) is 0 Å². The first kappa shape index (κ1) is 21.0. The monoisotopic (exact) mass is 401 g/mol. The van der Waals surface area contributed by atoms with Crippen molar-refractivity contribution in [2.45, 2.75) is 45.6 Å². The van der Waals surface area contributed by atoms with Crippen molar-refractivity contribution in [2.24, 2.45) is 4.99 Å². The minimum Gasteiger partial charge on any atom is -0.463 e. The SMILES string of the molecule is CCNC(=NCC(C)(C)c1ccc2c(c1)OCO2)NCC(C)(O)c1ccc(C)o1. The highest BCUT2D eigenvalue weighted by Gasteiger charge is 2.28. The molecule has 3 N–H and O–H groups in total. The predicted molar refractivity (Wildman–Crippen MR) is 113 cm³/mol. The number of hydrogen-bond acceptors (Lipinski definition) is 5. The summed E-state index contributed by atoms with van der Waals surface area (Å²) in [5.74, 6) is 3.49. The molecule has 2 aromatic rings. The van der Waals surface area contributed by atoms with Gasteiger partial charge in [-0.25, -0.2) is 0 Å². The van der Waals surface area contributed by atoms with Gasteiger partial charge in [-0.05, 0) is 50.6 Å². The van der Waals surface area contributed by atoms with Gasteiger partial charge < -0.3 is 29.6 Å². The Bertz CT molecular complexity index is 871. The van der Waals surface area contributed by atoms with E-state index >= 15 is 0 Å². The molecule has 1 unspecified atom stereocenters. The van der Waals surface area contributed by atoms with Crippen LogP contribution < -0.4 is 20.1 Å². The third kappa shape index (κ3) is 5.03. The molecular weight excluding hydrogens is 370 g/mol. The van der Waals surface area contributed by atoms with Gasteiger partial charge in [-0.2, -0.15) is 0 Å². The summed E-state index contributed by atoms with van der Waals surface area (Å²) in [6.45, 7) is 11.7. The van der Waals surface area contributed by atoms with Gasteiger partial charge in [0.1, 0.15) is 17.1 Å². The standard InChI is InChI=1S/C22H31N3O4/c1-6-23-20(25-13-22(5,26)19-10-7-15(2)29-19)24-12-21(3,4)16-8-9-17-18(11-16)28-14-27-17/h7-11,26H,6,12-14H2,1-5H3,(H2,23,24,25). The van der Waals surface area contributed by atoms with Crippen LogP contribution in [0.3, 0.4) is 0 Å². The number of ether oxygens (including phenoxy) is 2. The van der Waals surface area contributed by atoms with E-state index in [2.05, 4.69) is 24.5 Å². The number of benzene rings is 1. The summed E-state index contributed by atoms with van der Waals surface area (Å²) in [5.41, 5.74) is -0.222. The zero-order chi connectivity index (χ0) is 21.1. The molecule has 3 rings (SSSR count). The molecule has 7 heteroatoms. The number of fused-ring (bicyclic) bond motifs is 1. The van der Waals surface area contributed by atoms with Crippen molar-refractivity contribution in [3.05, 3.63) is 47.4 Å². The number of furan rings is 1. The largest absolute Gasteiger partial charge is 0.463 e. The van der Waals surface area contributed by atoms with E-state index in [4.69, 9.17) is 18.9 Å². The quantitative estimate of drug-likeness (QED) is 0.488. The van der Waals surface area contributed by atoms with Crippen LogP contribution in [0, 0.1) is 6.92 Å². The fraction of sp³-hybridized carbons (Fsp3) is 0.500. The summed E-state index contributed by atoms with van der Waals surface area (Å²) >= 11 is 0. The summed E-state index contributed by atoms with van der Waals surface area (Å²) in [4.78, 5) is 4.74. The Kier molecular flexibility index (Phi) is 6.07. The second-order valence-corrected chi connectivity index (χ2v) is 8.18. The molecule has 29 heavy (non-hydrogen) atoms. The number of nitrogens with one attached hydrogen (secondary N) is 2. The second kappa shape index (κ2) is 8.37. The van der Waals surface area contributed by atoms with Crippen LogP contribution >= 0.6 is 0 Å². The summed E-state index contributed by atoms with van der Waals surface area (Å²) in [7, 11) is 0. The van der Waals surface area contributed by atoms with Crippen molar-refractivity contribution >= 4 is 5.96 Å². The maximum atomic E-state index is 10.7. The number of hydrogen-bond donors (Lipinski definition) is 3. The third-order valence-electron chi connectivity index (χ3n) is 5.00. The lowest BCUT2D eigenvalue weighted by atomic mass is 9.84. The highest BCUT2D eigenvalue weighted by molar-refractivity contribution is 5.79. The minimum atomic E-state index is -1.14. The van der Waals surface area contributed by atoms with Gasteiger partial charge in [-0.15, -0.1) is 0 Å². The Morgan fingerprint density at radius 3 is 2.55 bits per heavy atom. The molecular formula is C22H31N3O4. The average molecular weight is 402 g/mol. The zero-order valence-electron chi connectivity index (χ0n) is 17.8. The number of rotatable bonds is 7. The Morgan fingerprint density at radius 2 is 1.86 bits per heavy atom. The lowest BCUT2D eigenvalue weighted by Gasteiger charge is -2.25. The molecule has 1 aromatic carbocycles. The Hall–Kier alpha value is -2.67. The molecule has 2 heterocycles. The first-order valence-electron chi connectivity index (χ1n) is 9.93. The van der Waals surface area contributed by atoms with E-state index in [1.165, 1.54) is 0 Å². The molecule has 1 aliphatic rings. The molecule has 1 aliphatic heterocycles. The van der Waals surface area contributed by atoms with E-state index < -0.39 is 5.60 Å². The van der Waals surface area contributed by atoms with E-state index in [-0.39, 0.29) is 18.8 Å². The van der Waals surface area contributed by atoms with E-state index in [0.29, 0.717) is 18.3 Å². The molecule has 0 radical (unpaired) electrons. The van der Waals surface area contributed by atoms with Crippen LogP contribution in [0.5, 0.6) is 11.5 Å². The number of aryl methyl sites for hydroxylation is 1. The van der Waals surface area contributed by atoms with Gasteiger partial charge in [0, 0.05) is 12.0 Å². The first-order chi connectivity index (χ1) is 13.7. The van der Waals surface area contributed by atoms with Gasteiger partial charge in [-0.1, -0.05) is 19.9 Å². The molecule has 1 atom stereocenters. The molecule has 0 amide bonds. The first-order valence-corrected chi connectivity index (χ1v) is 9.93. The molecule has 0 fully saturated rings. The number of aliphatic imine (C=N–C) groups is 1. The van der Waals surface area contributed by atoms with Crippen molar-refractivity contribution in [2.75, 3.05) is 26.4 Å². The number of aliphatic hydroxyl groups is 1. The second-order valence-electron chi connectivity index (χ2n) is 8.18. The van der Waals surface area contributed by atoms with Crippen LogP contribution in [0.1, 0.15) is 44.8 Å². The maximum absolute atomic E-state index is 10.7. The Labute approximate surface area is 172 Å². The molecule has 0 bridgehead atoms. The van der Waals surface area contributed by atoms with E-state index in [0.717, 1.165) is 29.4 Å².